The number of hydrogen-bond donors (Lipinski definition) is 0. The van der Waals surface area contributed by atoms with Crippen LogP contribution in [0.5, 0.6) is 11.5 Å². The second-order valence-corrected chi connectivity index (χ2v) is 12.4. The van der Waals surface area contributed by atoms with Gasteiger partial charge in [0.15, 0.2) is 0 Å². The van der Waals surface area contributed by atoms with Gasteiger partial charge in [0.2, 0.25) is 11.8 Å². The molecular formula is C38H31NO6. The topological polar surface area (TPSA) is 90.0 Å². The highest BCUT2D eigenvalue weighted by Crippen LogP contribution is 2.61. The molecule has 7 nitrogen and oxygen atoms in total. The second kappa shape index (κ2) is 10.8. The minimum absolute atomic E-state index is 0.0825. The van der Waals surface area contributed by atoms with E-state index >= 15 is 0 Å². The summed E-state index contributed by atoms with van der Waals surface area (Å²) in [6.07, 6.45) is 2.03. The van der Waals surface area contributed by atoms with Crippen LogP contribution in [0.15, 0.2) is 103 Å². The lowest BCUT2D eigenvalue weighted by Crippen LogP contribution is -2.44. The van der Waals surface area contributed by atoms with E-state index in [2.05, 4.69) is 24.3 Å². The molecule has 0 aromatic heterocycles. The predicted molar refractivity (Wildman–Crippen MR) is 165 cm³/mol. The summed E-state index contributed by atoms with van der Waals surface area (Å²) in [6.45, 7) is 0. The molecule has 1 heterocycles. The molecule has 0 spiro atoms. The number of rotatable bonds is 5. The first-order chi connectivity index (χ1) is 22.0. The van der Waals surface area contributed by atoms with Crippen LogP contribution in [0.3, 0.4) is 0 Å². The molecule has 2 atom stereocenters. The van der Waals surface area contributed by atoms with Gasteiger partial charge in [-0.15, -0.1) is 0 Å². The molecule has 0 radical (unpaired) electrons. The summed E-state index contributed by atoms with van der Waals surface area (Å²) in [5, 5.41) is 0. The van der Waals surface area contributed by atoms with Gasteiger partial charge in [-0.05, 0) is 72.2 Å². The van der Waals surface area contributed by atoms with Crippen LogP contribution in [0.4, 0.5) is 0 Å². The quantitative estimate of drug-likeness (QED) is 0.153. The number of amides is 2. The van der Waals surface area contributed by atoms with E-state index in [1.165, 1.54) is 0 Å². The summed E-state index contributed by atoms with van der Waals surface area (Å²) in [5.74, 6) is -2.13. The first kappa shape index (κ1) is 27.5. The van der Waals surface area contributed by atoms with E-state index in [0.29, 0.717) is 31.4 Å². The van der Waals surface area contributed by atoms with Crippen molar-refractivity contribution in [3.8, 4) is 11.5 Å². The van der Waals surface area contributed by atoms with E-state index in [-0.39, 0.29) is 41.0 Å². The van der Waals surface area contributed by atoms with E-state index in [0.717, 1.165) is 22.3 Å². The summed E-state index contributed by atoms with van der Waals surface area (Å²) >= 11 is 0. The highest BCUT2D eigenvalue weighted by Gasteiger charge is 2.62. The number of nitrogens with zero attached hydrogens (tertiary/aromatic N) is 1. The maximum atomic E-state index is 14.1. The summed E-state index contributed by atoms with van der Waals surface area (Å²) in [4.78, 5) is 55.9. The average Bonchev–Trinajstić information content (AvgIpc) is 3.35. The van der Waals surface area contributed by atoms with Crippen LogP contribution in [0, 0.1) is 17.8 Å². The molecule has 2 bridgehead atoms. The van der Waals surface area contributed by atoms with Crippen LogP contribution in [0.2, 0.25) is 0 Å². The summed E-state index contributed by atoms with van der Waals surface area (Å²) in [5.41, 5.74) is 4.79. The Labute approximate surface area is 260 Å². The van der Waals surface area contributed by atoms with Crippen LogP contribution >= 0.6 is 0 Å². The van der Waals surface area contributed by atoms with Crippen LogP contribution in [0.25, 0.3) is 0 Å². The Morgan fingerprint density at radius 3 is 1.62 bits per heavy atom. The minimum Gasteiger partial charge on any atom is -0.425 e. The number of imide groups is 1. The highest BCUT2D eigenvalue weighted by atomic mass is 16.6. The molecule has 2 amide bonds. The Balaban J connectivity index is 0.969. The maximum Gasteiger partial charge on any atom is 0.347 e. The van der Waals surface area contributed by atoms with Crippen molar-refractivity contribution in [2.24, 2.45) is 17.8 Å². The summed E-state index contributed by atoms with van der Waals surface area (Å²) < 4.78 is 11.2. The third kappa shape index (κ3) is 4.40. The number of para-hydroxylation sites is 2. The number of benzene rings is 4. The van der Waals surface area contributed by atoms with Gasteiger partial charge in [0.05, 0.1) is 17.8 Å². The Kier molecular flexibility index (Phi) is 6.63. The minimum atomic E-state index is -0.612. The lowest BCUT2D eigenvalue weighted by atomic mass is 9.55. The fourth-order valence-corrected chi connectivity index (χ4v) is 8.20. The number of ether oxygens (including phenoxy) is 2. The predicted octanol–water partition coefficient (Wildman–Crippen LogP) is 6.26. The molecule has 7 heteroatoms. The lowest BCUT2D eigenvalue weighted by molar-refractivity contribution is -0.144. The Morgan fingerprint density at radius 1 is 0.578 bits per heavy atom. The molecule has 1 saturated carbocycles. The normalized spacial score (nSPS) is 26.1. The molecule has 4 aromatic rings. The number of esters is 2. The number of carbonyl (C=O) groups excluding carboxylic acids is 4. The second-order valence-electron chi connectivity index (χ2n) is 12.4. The van der Waals surface area contributed by atoms with Crippen molar-refractivity contribution in [1.29, 1.82) is 0 Å². The van der Waals surface area contributed by atoms with E-state index < -0.39 is 29.7 Å². The highest BCUT2D eigenvalue weighted by molar-refractivity contribution is 6.08. The SMILES string of the molecule is O=C(Oc1ccccc1)c1ccccc1OC(=O)C1CCC(N2C(=O)[C@@H]3C4c5ccccc5C(c5ccccc54)[C@@H]3C2=O)CC1. The third-order valence-corrected chi connectivity index (χ3v) is 10.1. The molecule has 9 rings (SSSR count). The lowest BCUT2D eigenvalue weighted by Gasteiger charge is -2.45. The van der Waals surface area contributed by atoms with Crippen molar-refractivity contribution in [2.45, 2.75) is 43.6 Å². The fourth-order valence-electron chi connectivity index (χ4n) is 8.20. The van der Waals surface area contributed by atoms with Crippen molar-refractivity contribution in [2.75, 3.05) is 0 Å². The molecule has 4 aromatic carbocycles. The molecule has 45 heavy (non-hydrogen) atoms. The monoisotopic (exact) mass is 597 g/mol. The van der Waals surface area contributed by atoms with Crippen LogP contribution < -0.4 is 9.47 Å². The Bertz CT molecular complexity index is 1730. The number of likely N-dealkylation sites (tertiary alicyclic amines) is 1. The van der Waals surface area contributed by atoms with Gasteiger partial charge in [0.25, 0.3) is 0 Å². The maximum absolute atomic E-state index is 14.1. The zero-order valence-corrected chi connectivity index (χ0v) is 24.5. The first-order valence-electron chi connectivity index (χ1n) is 15.6. The van der Waals surface area contributed by atoms with E-state index in [9.17, 15) is 19.2 Å². The summed E-state index contributed by atoms with van der Waals surface area (Å²) in [7, 11) is 0. The third-order valence-electron chi connectivity index (χ3n) is 10.1. The number of hydrogen-bond acceptors (Lipinski definition) is 6. The molecule has 2 fully saturated rings. The smallest absolute Gasteiger partial charge is 0.347 e. The van der Waals surface area contributed by atoms with E-state index in [1.54, 1.807) is 53.4 Å². The van der Waals surface area contributed by atoms with Gasteiger partial charge < -0.3 is 9.47 Å². The van der Waals surface area contributed by atoms with Crippen molar-refractivity contribution >= 4 is 23.8 Å². The van der Waals surface area contributed by atoms with Crippen LogP contribution in [-0.2, 0) is 14.4 Å². The van der Waals surface area contributed by atoms with Crippen molar-refractivity contribution in [1.82, 2.24) is 4.90 Å². The molecule has 0 N–H and O–H groups in total. The van der Waals surface area contributed by atoms with Crippen LogP contribution in [-0.4, -0.2) is 34.7 Å². The zero-order valence-electron chi connectivity index (χ0n) is 24.5. The van der Waals surface area contributed by atoms with Gasteiger partial charge in [0, 0.05) is 17.9 Å². The Hall–Kier alpha value is -5.04. The molecule has 224 valence electrons. The van der Waals surface area contributed by atoms with Gasteiger partial charge in [-0.1, -0.05) is 78.9 Å². The van der Waals surface area contributed by atoms with Gasteiger partial charge in [-0.3, -0.25) is 19.3 Å². The van der Waals surface area contributed by atoms with E-state index in [4.69, 9.17) is 9.47 Å². The van der Waals surface area contributed by atoms with Gasteiger partial charge >= 0.3 is 11.9 Å². The average molecular weight is 598 g/mol. The molecular weight excluding hydrogens is 566 g/mol. The molecule has 1 saturated heterocycles. The zero-order chi connectivity index (χ0) is 30.7. The molecule has 5 aliphatic rings. The van der Waals surface area contributed by atoms with Gasteiger partial charge in [-0.2, -0.15) is 0 Å². The first-order valence-corrected chi connectivity index (χ1v) is 15.6. The largest absolute Gasteiger partial charge is 0.425 e. The van der Waals surface area contributed by atoms with E-state index in [1.807, 2.05) is 30.3 Å². The summed E-state index contributed by atoms with van der Waals surface area (Å²) in [6, 6.07) is 31.5. The van der Waals surface area contributed by atoms with Crippen molar-refractivity contribution in [3.05, 3.63) is 131 Å². The van der Waals surface area contributed by atoms with Gasteiger partial charge in [-0.25, -0.2) is 4.79 Å². The molecule has 4 aliphatic carbocycles. The Morgan fingerprint density at radius 2 is 1.07 bits per heavy atom. The molecule has 0 unspecified atom stereocenters. The van der Waals surface area contributed by atoms with Crippen molar-refractivity contribution in [3.63, 3.8) is 0 Å². The number of carbonyl (C=O) groups is 4. The van der Waals surface area contributed by atoms with Crippen molar-refractivity contribution < 1.29 is 28.7 Å². The fraction of sp³-hybridized carbons (Fsp3) is 0.263. The standard InChI is InChI=1S/C38H31NO6/c40-35-33-31-25-12-4-5-13-26(25)32(28-15-7-6-14-27(28)31)34(33)36(41)39(35)23-20-18-22(19-21-23)37(42)45-30-17-9-8-16-29(30)38(43)44-24-10-2-1-3-11-24/h1-17,22-23,31-34H,18-21H2/t22?,23?,31?,32?,33-,34+. The van der Waals surface area contributed by atoms with Gasteiger partial charge in [0.1, 0.15) is 17.1 Å². The molecule has 1 aliphatic heterocycles. The van der Waals surface area contributed by atoms with Crippen LogP contribution in [0.1, 0.15) is 70.1 Å².